The number of anilines is 1. The number of nitrogens with zero attached hydrogens (tertiary/aromatic N) is 3. The quantitative estimate of drug-likeness (QED) is 0.887. The predicted molar refractivity (Wildman–Crippen MR) is 83.6 cm³/mol. The van der Waals surface area contributed by atoms with Gasteiger partial charge in [-0.3, -0.25) is 4.79 Å². The number of hydrogen-bond acceptors (Lipinski definition) is 3. The molecule has 0 bridgehead atoms. The van der Waals surface area contributed by atoms with Crippen LogP contribution in [0.3, 0.4) is 0 Å². The van der Waals surface area contributed by atoms with Crippen molar-refractivity contribution in [3.8, 4) is 6.07 Å². The molecule has 134 valence electrons. The summed E-state index contributed by atoms with van der Waals surface area (Å²) in [6.07, 6.45) is -4.63. The highest BCUT2D eigenvalue weighted by molar-refractivity contribution is 5.89. The molecule has 1 N–H and O–H groups in total. The lowest BCUT2D eigenvalue weighted by atomic mass is 10.1. The van der Waals surface area contributed by atoms with Crippen LogP contribution < -0.4 is 5.32 Å². The zero-order valence-corrected chi connectivity index (χ0v) is 13.6. The van der Waals surface area contributed by atoms with Crippen LogP contribution in [0.5, 0.6) is 0 Å². The van der Waals surface area contributed by atoms with Gasteiger partial charge in [0.15, 0.2) is 0 Å². The third kappa shape index (κ3) is 4.62. The van der Waals surface area contributed by atoms with Gasteiger partial charge in [-0.1, -0.05) is 0 Å². The molecule has 1 aliphatic heterocycles. The number of urea groups is 1. The van der Waals surface area contributed by atoms with Crippen LogP contribution in [0.25, 0.3) is 0 Å². The van der Waals surface area contributed by atoms with Crippen molar-refractivity contribution in [2.24, 2.45) is 0 Å². The summed E-state index contributed by atoms with van der Waals surface area (Å²) in [7, 11) is 0. The zero-order valence-electron chi connectivity index (χ0n) is 13.6. The van der Waals surface area contributed by atoms with Crippen molar-refractivity contribution in [3.63, 3.8) is 0 Å². The highest BCUT2D eigenvalue weighted by Gasteiger charge is 2.32. The molecule has 1 aliphatic rings. The average Bonchev–Trinajstić information content (AvgIpc) is 2.54. The van der Waals surface area contributed by atoms with E-state index in [-0.39, 0.29) is 23.6 Å². The molecule has 0 aliphatic carbocycles. The summed E-state index contributed by atoms with van der Waals surface area (Å²) in [6.45, 7) is 2.56. The normalized spacial score (nSPS) is 14.8. The van der Waals surface area contributed by atoms with Crippen molar-refractivity contribution >= 4 is 17.6 Å². The molecule has 0 aromatic heterocycles. The number of nitrogens with one attached hydrogen (secondary N) is 1. The van der Waals surface area contributed by atoms with Gasteiger partial charge in [0.2, 0.25) is 5.91 Å². The van der Waals surface area contributed by atoms with Gasteiger partial charge in [0, 0.05) is 31.9 Å². The molecule has 0 unspecified atom stereocenters. The topological polar surface area (TPSA) is 76.4 Å². The molecule has 6 nitrogen and oxygen atoms in total. The van der Waals surface area contributed by atoms with Crippen LogP contribution >= 0.6 is 0 Å². The molecule has 1 fully saturated rings. The molecule has 25 heavy (non-hydrogen) atoms. The summed E-state index contributed by atoms with van der Waals surface area (Å²) >= 11 is 0. The van der Waals surface area contributed by atoms with Crippen molar-refractivity contribution in [3.05, 3.63) is 29.3 Å². The number of amides is 3. The number of piperazine rings is 1. The minimum atomic E-state index is -4.43. The lowest BCUT2D eigenvalue weighted by molar-refractivity contribution is -0.138. The SMILES string of the molecule is Cc1cc(NC(=O)N2CCN(C(=O)CC#N)CC2)ccc1C(F)(F)F. The van der Waals surface area contributed by atoms with E-state index in [1.165, 1.54) is 28.9 Å². The van der Waals surface area contributed by atoms with Gasteiger partial charge >= 0.3 is 12.2 Å². The fourth-order valence-corrected chi connectivity index (χ4v) is 2.60. The average molecular weight is 354 g/mol. The van der Waals surface area contributed by atoms with E-state index in [0.717, 1.165) is 6.07 Å². The van der Waals surface area contributed by atoms with Crippen LogP contribution in [0.4, 0.5) is 23.7 Å². The summed E-state index contributed by atoms with van der Waals surface area (Å²) in [4.78, 5) is 26.8. The molecule has 1 aromatic rings. The van der Waals surface area contributed by atoms with Crippen LogP contribution in [0.2, 0.25) is 0 Å². The maximum atomic E-state index is 12.7. The Kier molecular flexibility index (Phi) is 5.51. The molecule has 0 radical (unpaired) electrons. The van der Waals surface area contributed by atoms with Crippen LogP contribution in [0, 0.1) is 18.3 Å². The van der Waals surface area contributed by atoms with Gasteiger partial charge < -0.3 is 15.1 Å². The smallest absolute Gasteiger partial charge is 0.338 e. The Morgan fingerprint density at radius 2 is 1.80 bits per heavy atom. The standard InChI is InChI=1S/C16H17F3N4O2/c1-11-10-12(2-3-13(11)16(17,18)19)21-15(25)23-8-6-22(7-9-23)14(24)4-5-20/h2-3,10H,4,6-9H2,1H3,(H,21,25). The molecule has 0 spiro atoms. The molecule has 3 amide bonds. The highest BCUT2D eigenvalue weighted by Crippen LogP contribution is 2.32. The van der Waals surface area contributed by atoms with Gasteiger partial charge in [0.05, 0.1) is 11.6 Å². The molecule has 0 saturated carbocycles. The number of rotatable bonds is 2. The fraction of sp³-hybridized carbons (Fsp3) is 0.438. The number of hydrogen-bond donors (Lipinski definition) is 1. The third-order valence-corrected chi connectivity index (χ3v) is 3.93. The second-order valence-electron chi connectivity index (χ2n) is 5.66. The minimum Gasteiger partial charge on any atom is -0.338 e. The van der Waals surface area contributed by atoms with Crippen LogP contribution in [-0.4, -0.2) is 47.9 Å². The third-order valence-electron chi connectivity index (χ3n) is 3.93. The van der Waals surface area contributed by atoms with Crippen molar-refractivity contribution in [1.29, 1.82) is 5.26 Å². The first-order valence-corrected chi connectivity index (χ1v) is 7.61. The first-order valence-electron chi connectivity index (χ1n) is 7.61. The van der Waals surface area contributed by atoms with Crippen molar-refractivity contribution in [2.45, 2.75) is 19.5 Å². The van der Waals surface area contributed by atoms with Gasteiger partial charge in [-0.2, -0.15) is 18.4 Å². The van der Waals surface area contributed by atoms with Gasteiger partial charge in [-0.05, 0) is 30.7 Å². The van der Waals surface area contributed by atoms with Crippen LogP contribution in [-0.2, 0) is 11.0 Å². The van der Waals surface area contributed by atoms with E-state index < -0.39 is 17.8 Å². The van der Waals surface area contributed by atoms with E-state index in [1.807, 2.05) is 0 Å². The number of alkyl halides is 3. The van der Waals surface area contributed by atoms with E-state index in [9.17, 15) is 22.8 Å². The van der Waals surface area contributed by atoms with Crippen molar-refractivity contribution in [1.82, 2.24) is 9.80 Å². The molecule has 1 aromatic carbocycles. The second-order valence-corrected chi connectivity index (χ2v) is 5.66. The molecule has 1 heterocycles. The molecular formula is C16H17F3N4O2. The first-order chi connectivity index (χ1) is 11.7. The Bertz CT molecular complexity index is 704. The molecular weight excluding hydrogens is 337 g/mol. The Morgan fingerprint density at radius 1 is 1.20 bits per heavy atom. The minimum absolute atomic E-state index is 0.0252. The zero-order chi connectivity index (χ0) is 18.6. The van der Waals surface area contributed by atoms with Crippen LogP contribution in [0.1, 0.15) is 17.5 Å². The monoisotopic (exact) mass is 354 g/mol. The van der Waals surface area contributed by atoms with Crippen molar-refractivity contribution in [2.75, 3.05) is 31.5 Å². The van der Waals surface area contributed by atoms with E-state index in [0.29, 0.717) is 26.2 Å². The number of aryl methyl sites for hydroxylation is 1. The molecule has 0 atom stereocenters. The summed E-state index contributed by atoms with van der Waals surface area (Å²) in [6, 6.07) is 4.76. The number of nitriles is 1. The second kappa shape index (κ2) is 7.42. The Morgan fingerprint density at radius 3 is 2.32 bits per heavy atom. The number of benzene rings is 1. The van der Waals surface area contributed by atoms with Gasteiger partial charge in [-0.15, -0.1) is 0 Å². The first kappa shape index (κ1) is 18.6. The molecule has 1 saturated heterocycles. The highest BCUT2D eigenvalue weighted by atomic mass is 19.4. The van der Waals surface area contributed by atoms with E-state index in [2.05, 4.69) is 5.32 Å². The maximum Gasteiger partial charge on any atom is 0.416 e. The summed E-state index contributed by atoms with van der Waals surface area (Å²) in [5.74, 6) is -0.277. The van der Waals surface area contributed by atoms with Gasteiger partial charge in [0.25, 0.3) is 0 Å². The van der Waals surface area contributed by atoms with Gasteiger partial charge in [-0.25, -0.2) is 4.79 Å². The Balaban J connectivity index is 1.94. The summed E-state index contributed by atoms with van der Waals surface area (Å²) < 4.78 is 38.2. The molecule has 9 heteroatoms. The van der Waals surface area contributed by atoms with Gasteiger partial charge in [0.1, 0.15) is 6.42 Å². The van der Waals surface area contributed by atoms with E-state index >= 15 is 0 Å². The molecule has 2 rings (SSSR count). The predicted octanol–water partition coefficient (Wildman–Crippen LogP) is 2.60. The summed E-state index contributed by atoms with van der Waals surface area (Å²) in [5, 5.41) is 11.1. The summed E-state index contributed by atoms with van der Waals surface area (Å²) in [5.41, 5.74) is -0.439. The fourth-order valence-electron chi connectivity index (χ4n) is 2.60. The largest absolute Gasteiger partial charge is 0.416 e. The number of carbonyl (C=O) groups excluding carboxylic acids is 2. The van der Waals surface area contributed by atoms with E-state index in [1.54, 1.807) is 6.07 Å². The Labute approximate surface area is 142 Å². The lowest BCUT2D eigenvalue weighted by Gasteiger charge is -2.34. The van der Waals surface area contributed by atoms with Crippen molar-refractivity contribution < 1.29 is 22.8 Å². The lowest BCUT2D eigenvalue weighted by Crippen LogP contribution is -2.51. The maximum absolute atomic E-state index is 12.7. The number of carbonyl (C=O) groups is 2. The Hall–Kier alpha value is -2.76. The number of halogens is 3. The van der Waals surface area contributed by atoms with Crippen LogP contribution in [0.15, 0.2) is 18.2 Å². The van der Waals surface area contributed by atoms with E-state index in [4.69, 9.17) is 5.26 Å².